The van der Waals surface area contributed by atoms with Crippen LogP contribution >= 0.6 is 23.1 Å². The summed E-state index contributed by atoms with van der Waals surface area (Å²) >= 11 is 2.54. The van der Waals surface area contributed by atoms with Crippen molar-refractivity contribution in [3.63, 3.8) is 0 Å². The summed E-state index contributed by atoms with van der Waals surface area (Å²) in [5, 5.41) is 13.8. The SMILES string of the molecule is Cc1ccccc1-n1c(C)nnc1SCC(=O)Nc1sccc1C(N)=O. The Kier molecular flexibility index (Phi) is 5.38. The number of aromatic nitrogens is 3. The van der Waals surface area contributed by atoms with Crippen molar-refractivity contribution in [1.82, 2.24) is 14.8 Å². The molecule has 0 fully saturated rings. The summed E-state index contributed by atoms with van der Waals surface area (Å²) in [6.45, 7) is 3.88. The Labute approximate surface area is 158 Å². The number of para-hydroxylation sites is 1. The molecule has 3 N–H and O–H groups in total. The van der Waals surface area contributed by atoms with Gasteiger partial charge in [-0.05, 0) is 36.9 Å². The van der Waals surface area contributed by atoms with Crippen LogP contribution in [0, 0.1) is 13.8 Å². The molecule has 0 atom stereocenters. The summed E-state index contributed by atoms with van der Waals surface area (Å²) < 4.78 is 1.92. The lowest BCUT2D eigenvalue weighted by atomic mass is 10.2. The summed E-state index contributed by atoms with van der Waals surface area (Å²) in [7, 11) is 0. The number of benzene rings is 1. The molecule has 0 aliphatic heterocycles. The van der Waals surface area contributed by atoms with Gasteiger partial charge in [0, 0.05) is 0 Å². The van der Waals surface area contributed by atoms with E-state index in [-0.39, 0.29) is 11.7 Å². The molecule has 0 aliphatic rings. The van der Waals surface area contributed by atoms with E-state index in [0.29, 0.717) is 15.7 Å². The predicted molar refractivity (Wildman–Crippen MR) is 103 cm³/mol. The maximum Gasteiger partial charge on any atom is 0.251 e. The first-order chi connectivity index (χ1) is 12.5. The number of nitrogens with one attached hydrogen (secondary N) is 1. The largest absolute Gasteiger partial charge is 0.366 e. The van der Waals surface area contributed by atoms with E-state index in [1.807, 2.05) is 42.7 Å². The van der Waals surface area contributed by atoms with Crippen molar-refractivity contribution < 1.29 is 9.59 Å². The molecule has 0 radical (unpaired) electrons. The number of nitrogens with two attached hydrogens (primary N) is 1. The Bertz CT molecular complexity index is 964. The van der Waals surface area contributed by atoms with Gasteiger partial charge in [-0.25, -0.2) is 0 Å². The molecule has 0 saturated carbocycles. The molecule has 2 aromatic heterocycles. The second-order valence-corrected chi connectivity index (χ2v) is 7.37. The lowest BCUT2D eigenvalue weighted by molar-refractivity contribution is -0.113. The number of hydrogen-bond acceptors (Lipinski definition) is 6. The molecule has 0 aliphatic carbocycles. The number of rotatable bonds is 6. The highest BCUT2D eigenvalue weighted by atomic mass is 32.2. The molecule has 134 valence electrons. The number of amides is 2. The lowest BCUT2D eigenvalue weighted by Gasteiger charge is -2.11. The van der Waals surface area contributed by atoms with E-state index in [1.54, 1.807) is 11.4 Å². The van der Waals surface area contributed by atoms with Crippen LogP contribution in [0.4, 0.5) is 5.00 Å². The van der Waals surface area contributed by atoms with Gasteiger partial charge in [0.1, 0.15) is 10.8 Å². The predicted octanol–water partition coefficient (Wildman–Crippen LogP) is 2.78. The number of nitrogens with zero attached hydrogens (tertiary/aromatic N) is 3. The minimum atomic E-state index is -0.566. The quantitative estimate of drug-likeness (QED) is 0.633. The molecule has 0 unspecified atom stereocenters. The van der Waals surface area contributed by atoms with E-state index in [4.69, 9.17) is 5.73 Å². The average Bonchev–Trinajstić information content (AvgIpc) is 3.20. The average molecular weight is 387 g/mol. The maximum absolute atomic E-state index is 12.2. The number of carbonyl (C=O) groups excluding carboxylic acids is 2. The first-order valence-corrected chi connectivity index (χ1v) is 9.62. The number of carbonyl (C=O) groups is 2. The zero-order valence-electron chi connectivity index (χ0n) is 14.2. The Balaban J connectivity index is 1.73. The van der Waals surface area contributed by atoms with Gasteiger partial charge in [0.15, 0.2) is 5.16 Å². The summed E-state index contributed by atoms with van der Waals surface area (Å²) in [4.78, 5) is 23.6. The molecule has 1 aromatic carbocycles. The van der Waals surface area contributed by atoms with Gasteiger partial charge >= 0.3 is 0 Å². The van der Waals surface area contributed by atoms with Crippen molar-refractivity contribution in [1.29, 1.82) is 0 Å². The third-order valence-electron chi connectivity index (χ3n) is 3.67. The molecule has 0 bridgehead atoms. The number of thiophene rings is 1. The molecule has 3 aromatic rings. The van der Waals surface area contributed by atoms with E-state index >= 15 is 0 Å². The van der Waals surface area contributed by atoms with Crippen LogP contribution in [-0.2, 0) is 4.79 Å². The zero-order chi connectivity index (χ0) is 18.7. The fourth-order valence-corrected chi connectivity index (χ4v) is 4.02. The van der Waals surface area contributed by atoms with Crippen LogP contribution in [-0.4, -0.2) is 32.3 Å². The Morgan fingerprint density at radius 3 is 2.73 bits per heavy atom. The van der Waals surface area contributed by atoms with Crippen LogP contribution in [0.1, 0.15) is 21.7 Å². The van der Waals surface area contributed by atoms with Crippen molar-refractivity contribution in [3.05, 3.63) is 52.7 Å². The molecule has 3 rings (SSSR count). The van der Waals surface area contributed by atoms with Crippen molar-refractivity contribution in [2.75, 3.05) is 11.1 Å². The molecule has 2 amide bonds. The van der Waals surface area contributed by atoms with Gasteiger partial charge in [0.05, 0.1) is 17.0 Å². The van der Waals surface area contributed by atoms with Crippen molar-refractivity contribution in [2.45, 2.75) is 19.0 Å². The van der Waals surface area contributed by atoms with Crippen molar-refractivity contribution in [2.24, 2.45) is 5.73 Å². The number of primary amides is 1. The maximum atomic E-state index is 12.2. The van der Waals surface area contributed by atoms with Crippen LogP contribution < -0.4 is 11.1 Å². The molecule has 26 heavy (non-hydrogen) atoms. The Morgan fingerprint density at radius 2 is 2.00 bits per heavy atom. The van der Waals surface area contributed by atoms with Crippen LogP contribution in [0.5, 0.6) is 0 Å². The van der Waals surface area contributed by atoms with E-state index in [0.717, 1.165) is 17.1 Å². The van der Waals surface area contributed by atoms with Crippen LogP contribution in [0.2, 0.25) is 0 Å². The summed E-state index contributed by atoms with van der Waals surface area (Å²) in [5.74, 6) is 0.0812. The smallest absolute Gasteiger partial charge is 0.251 e. The topological polar surface area (TPSA) is 103 Å². The Morgan fingerprint density at radius 1 is 1.23 bits per heavy atom. The van der Waals surface area contributed by atoms with Crippen LogP contribution in [0.25, 0.3) is 5.69 Å². The summed E-state index contributed by atoms with van der Waals surface area (Å²) in [5.41, 5.74) is 7.67. The van der Waals surface area contributed by atoms with E-state index < -0.39 is 5.91 Å². The highest BCUT2D eigenvalue weighted by molar-refractivity contribution is 7.99. The molecule has 9 heteroatoms. The van der Waals surface area contributed by atoms with E-state index in [9.17, 15) is 9.59 Å². The van der Waals surface area contributed by atoms with Crippen LogP contribution in [0.15, 0.2) is 40.9 Å². The van der Waals surface area contributed by atoms with Gasteiger partial charge in [-0.3, -0.25) is 14.2 Å². The number of thioether (sulfide) groups is 1. The van der Waals surface area contributed by atoms with Gasteiger partial charge in [-0.1, -0.05) is 30.0 Å². The third-order valence-corrected chi connectivity index (χ3v) is 5.43. The molecular weight excluding hydrogens is 370 g/mol. The Hall–Kier alpha value is -2.65. The van der Waals surface area contributed by atoms with Crippen molar-refractivity contribution >= 4 is 39.9 Å². The minimum Gasteiger partial charge on any atom is -0.366 e. The first-order valence-electron chi connectivity index (χ1n) is 7.75. The zero-order valence-corrected chi connectivity index (χ0v) is 15.9. The van der Waals surface area contributed by atoms with Gasteiger partial charge < -0.3 is 11.1 Å². The number of aryl methyl sites for hydroxylation is 2. The van der Waals surface area contributed by atoms with Crippen molar-refractivity contribution in [3.8, 4) is 5.69 Å². The molecule has 0 saturated heterocycles. The monoisotopic (exact) mass is 387 g/mol. The molecular formula is C17H17N5O2S2. The van der Waals surface area contributed by atoms with Gasteiger partial charge in [0.2, 0.25) is 5.91 Å². The van der Waals surface area contributed by atoms with Gasteiger partial charge in [0.25, 0.3) is 5.91 Å². The normalized spacial score (nSPS) is 10.7. The first kappa shape index (κ1) is 18.2. The fourth-order valence-electron chi connectivity index (χ4n) is 2.42. The van der Waals surface area contributed by atoms with E-state index in [1.165, 1.54) is 23.1 Å². The second kappa shape index (κ2) is 7.71. The number of hydrogen-bond donors (Lipinski definition) is 2. The molecule has 7 nitrogen and oxygen atoms in total. The minimum absolute atomic E-state index is 0.139. The highest BCUT2D eigenvalue weighted by Crippen LogP contribution is 2.26. The summed E-state index contributed by atoms with van der Waals surface area (Å²) in [6.07, 6.45) is 0. The van der Waals surface area contributed by atoms with Crippen LogP contribution in [0.3, 0.4) is 0 Å². The van der Waals surface area contributed by atoms with E-state index in [2.05, 4.69) is 15.5 Å². The lowest BCUT2D eigenvalue weighted by Crippen LogP contribution is -2.18. The highest BCUT2D eigenvalue weighted by Gasteiger charge is 2.16. The summed E-state index contributed by atoms with van der Waals surface area (Å²) in [6, 6.07) is 9.51. The standard InChI is InChI=1S/C17H17N5O2S2/c1-10-5-3-4-6-13(10)22-11(2)20-21-17(22)26-9-14(23)19-16-12(15(18)24)7-8-25-16/h3-8H,9H2,1-2H3,(H2,18,24)(H,19,23). The van der Waals surface area contributed by atoms with Gasteiger partial charge in [-0.15, -0.1) is 21.5 Å². The molecule has 0 spiro atoms. The van der Waals surface area contributed by atoms with Gasteiger partial charge in [-0.2, -0.15) is 0 Å². The molecule has 2 heterocycles. The number of anilines is 1. The third kappa shape index (κ3) is 3.78. The second-order valence-electron chi connectivity index (χ2n) is 5.52. The fraction of sp³-hybridized carbons (Fsp3) is 0.176.